The third-order valence-corrected chi connectivity index (χ3v) is 3.66. The van der Waals surface area contributed by atoms with E-state index in [1.165, 1.54) is 4.90 Å². The van der Waals surface area contributed by atoms with Crippen LogP contribution in [0.3, 0.4) is 0 Å². The van der Waals surface area contributed by atoms with Crippen molar-refractivity contribution in [3.05, 3.63) is 0 Å². The first-order chi connectivity index (χ1) is 8.01. The molecule has 5 nitrogen and oxygen atoms in total. The molecule has 1 rings (SSSR count). The van der Waals surface area contributed by atoms with Crippen molar-refractivity contribution in [3.8, 4) is 0 Å². The monoisotopic (exact) mass is 242 g/mol. The molecule has 1 aliphatic heterocycles. The van der Waals surface area contributed by atoms with E-state index >= 15 is 0 Å². The second-order valence-corrected chi connectivity index (χ2v) is 4.69. The normalized spacial score (nSPS) is 26.6. The largest absolute Gasteiger partial charge is 0.480 e. The molecule has 0 aliphatic carbocycles. The second-order valence-electron chi connectivity index (χ2n) is 4.69. The molecule has 0 saturated carbocycles. The van der Waals surface area contributed by atoms with Crippen molar-refractivity contribution in [1.29, 1.82) is 0 Å². The lowest BCUT2D eigenvalue weighted by Crippen LogP contribution is -2.54. The summed E-state index contributed by atoms with van der Waals surface area (Å²) in [4.78, 5) is 24.8. The number of hydrogen-bond acceptors (Lipinski definition) is 3. The third kappa shape index (κ3) is 3.19. The minimum atomic E-state index is -0.889. The highest BCUT2D eigenvalue weighted by molar-refractivity contribution is 5.87. The van der Waals surface area contributed by atoms with E-state index in [1.807, 2.05) is 0 Å². The molecule has 2 N–H and O–H groups in total. The summed E-state index contributed by atoms with van der Waals surface area (Å²) in [7, 11) is 1.71. The Labute approximate surface area is 102 Å². The summed E-state index contributed by atoms with van der Waals surface area (Å²) in [5, 5.41) is 12.1. The summed E-state index contributed by atoms with van der Waals surface area (Å²) in [6.45, 7) is 4.38. The summed E-state index contributed by atoms with van der Waals surface area (Å²) < 4.78 is 0. The highest BCUT2D eigenvalue weighted by Crippen LogP contribution is 2.26. The molecule has 1 fully saturated rings. The van der Waals surface area contributed by atoms with Gasteiger partial charge in [-0.05, 0) is 32.7 Å². The van der Waals surface area contributed by atoms with E-state index in [0.29, 0.717) is 18.9 Å². The highest BCUT2D eigenvalue weighted by Gasteiger charge is 2.36. The number of amides is 1. The Bertz CT molecular complexity index is 293. The van der Waals surface area contributed by atoms with Crippen LogP contribution in [0.1, 0.15) is 33.1 Å². The van der Waals surface area contributed by atoms with E-state index in [0.717, 1.165) is 12.8 Å². The molecule has 0 aromatic heterocycles. The minimum Gasteiger partial charge on any atom is -0.480 e. The van der Waals surface area contributed by atoms with Crippen molar-refractivity contribution in [2.24, 2.45) is 5.92 Å². The van der Waals surface area contributed by atoms with E-state index in [-0.39, 0.29) is 11.9 Å². The van der Waals surface area contributed by atoms with Crippen molar-refractivity contribution in [2.45, 2.75) is 45.2 Å². The van der Waals surface area contributed by atoms with E-state index in [1.54, 1.807) is 14.0 Å². The number of likely N-dealkylation sites (tertiary alicyclic amines) is 1. The van der Waals surface area contributed by atoms with Gasteiger partial charge < -0.3 is 15.3 Å². The molecule has 98 valence electrons. The van der Waals surface area contributed by atoms with Crippen LogP contribution in [-0.2, 0) is 9.59 Å². The molecule has 0 radical (unpaired) electrons. The number of piperidine rings is 1. The van der Waals surface area contributed by atoms with Crippen LogP contribution >= 0.6 is 0 Å². The molecule has 1 amide bonds. The molecule has 0 bridgehead atoms. The lowest BCUT2D eigenvalue weighted by Gasteiger charge is -2.38. The number of carbonyl (C=O) groups excluding carboxylic acids is 1. The average molecular weight is 242 g/mol. The lowest BCUT2D eigenvalue weighted by atomic mass is 9.88. The molecule has 1 heterocycles. The molecule has 5 heteroatoms. The first-order valence-corrected chi connectivity index (χ1v) is 6.21. The van der Waals surface area contributed by atoms with Gasteiger partial charge in [-0.3, -0.25) is 4.79 Å². The van der Waals surface area contributed by atoms with Gasteiger partial charge in [-0.15, -0.1) is 0 Å². The van der Waals surface area contributed by atoms with Crippen LogP contribution in [-0.4, -0.2) is 47.6 Å². The van der Waals surface area contributed by atoms with Gasteiger partial charge in [-0.1, -0.05) is 13.3 Å². The van der Waals surface area contributed by atoms with Crippen molar-refractivity contribution in [2.75, 3.05) is 13.6 Å². The van der Waals surface area contributed by atoms with Gasteiger partial charge in [0, 0.05) is 6.54 Å². The Morgan fingerprint density at radius 1 is 1.53 bits per heavy atom. The maximum atomic E-state index is 12.0. The molecular weight excluding hydrogens is 220 g/mol. The molecule has 1 aliphatic rings. The van der Waals surface area contributed by atoms with Crippen LogP contribution in [0.25, 0.3) is 0 Å². The van der Waals surface area contributed by atoms with Gasteiger partial charge in [-0.25, -0.2) is 4.79 Å². The fraction of sp³-hybridized carbons (Fsp3) is 0.833. The Morgan fingerprint density at radius 3 is 2.65 bits per heavy atom. The van der Waals surface area contributed by atoms with Crippen LogP contribution in [0.5, 0.6) is 0 Å². The first kappa shape index (κ1) is 14.0. The second kappa shape index (κ2) is 6.00. The molecular formula is C12H22N2O3. The SMILES string of the molecule is CCC1CCN(C(=O)C(C)NC)C(C(=O)O)C1. The Morgan fingerprint density at radius 2 is 2.18 bits per heavy atom. The van der Waals surface area contributed by atoms with Crippen molar-refractivity contribution in [3.63, 3.8) is 0 Å². The summed E-state index contributed by atoms with van der Waals surface area (Å²) in [5.41, 5.74) is 0. The number of carbonyl (C=O) groups is 2. The first-order valence-electron chi connectivity index (χ1n) is 6.21. The van der Waals surface area contributed by atoms with Gasteiger partial charge in [0.2, 0.25) is 5.91 Å². The predicted molar refractivity (Wildman–Crippen MR) is 64.7 cm³/mol. The predicted octanol–water partition coefficient (Wildman–Crippen LogP) is 0.696. The molecule has 0 aromatic carbocycles. The van der Waals surface area contributed by atoms with E-state index in [2.05, 4.69) is 12.2 Å². The van der Waals surface area contributed by atoms with Crippen LogP contribution in [0.2, 0.25) is 0 Å². The van der Waals surface area contributed by atoms with E-state index in [9.17, 15) is 14.7 Å². The summed E-state index contributed by atoms with van der Waals surface area (Å²) in [6, 6.07) is -0.980. The van der Waals surface area contributed by atoms with E-state index < -0.39 is 12.0 Å². The number of nitrogens with zero attached hydrogens (tertiary/aromatic N) is 1. The van der Waals surface area contributed by atoms with Crippen molar-refractivity contribution >= 4 is 11.9 Å². The number of hydrogen-bond donors (Lipinski definition) is 2. The number of nitrogens with one attached hydrogen (secondary N) is 1. The third-order valence-electron chi connectivity index (χ3n) is 3.66. The Kier molecular flexibility index (Phi) is 4.93. The number of rotatable bonds is 4. The van der Waals surface area contributed by atoms with Crippen LogP contribution in [0, 0.1) is 5.92 Å². The smallest absolute Gasteiger partial charge is 0.326 e. The van der Waals surface area contributed by atoms with Gasteiger partial charge in [-0.2, -0.15) is 0 Å². The maximum Gasteiger partial charge on any atom is 0.326 e. The van der Waals surface area contributed by atoms with Gasteiger partial charge in [0.1, 0.15) is 6.04 Å². The summed E-state index contributed by atoms with van der Waals surface area (Å²) in [5.74, 6) is -0.584. The van der Waals surface area contributed by atoms with Gasteiger partial charge >= 0.3 is 5.97 Å². The fourth-order valence-electron chi connectivity index (χ4n) is 2.28. The fourth-order valence-corrected chi connectivity index (χ4v) is 2.28. The summed E-state index contributed by atoms with van der Waals surface area (Å²) in [6.07, 6.45) is 2.46. The zero-order valence-electron chi connectivity index (χ0n) is 10.8. The van der Waals surface area contributed by atoms with E-state index in [4.69, 9.17) is 0 Å². The number of aliphatic carboxylic acids is 1. The molecule has 0 aromatic rings. The molecule has 0 spiro atoms. The van der Waals surface area contributed by atoms with Crippen LogP contribution in [0.4, 0.5) is 0 Å². The highest BCUT2D eigenvalue weighted by atomic mass is 16.4. The lowest BCUT2D eigenvalue weighted by molar-refractivity contribution is -0.153. The standard InChI is InChI=1S/C12H22N2O3/c1-4-9-5-6-14(10(7-9)12(16)17)11(15)8(2)13-3/h8-10,13H,4-7H2,1-3H3,(H,16,17). The van der Waals surface area contributed by atoms with Crippen LogP contribution < -0.4 is 5.32 Å². The average Bonchev–Trinajstić information content (AvgIpc) is 2.35. The van der Waals surface area contributed by atoms with Crippen molar-refractivity contribution in [1.82, 2.24) is 10.2 Å². The Hall–Kier alpha value is -1.10. The molecule has 3 unspecified atom stereocenters. The van der Waals surface area contributed by atoms with Crippen LogP contribution in [0.15, 0.2) is 0 Å². The maximum absolute atomic E-state index is 12.0. The van der Waals surface area contributed by atoms with Gasteiger partial charge in [0.05, 0.1) is 6.04 Å². The Balaban J connectivity index is 2.76. The topological polar surface area (TPSA) is 69.6 Å². The minimum absolute atomic E-state index is 0.116. The zero-order chi connectivity index (χ0) is 13.0. The number of carboxylic acids is 1. The number of likely N-dealkylation sites (N-methyl/N-ethyl adjacent to an activating group) is 1. The molecule has 1 saturated heterocycles. The summed E-state index contributed by atoms with van der Waals surface area (Å²) >= 11 is 0. The molecule has 17 heavy (non-hydrogen) atoms. The van der Waals surface area contributed by atoms with Gasteiger partial charge in [0.25, 0.3) is 0 Å². The molecule has 3 atom stereocenters. The van der Waals surface area contributed by atoms with Gasteiger partial charge in [0.15, 0.2) is 0 Å². The zero-order valence-corrected chi connectivity index (χ0v) is 10.8. The number of carboxylic acid groups (broad SMARTS) is 1. The quantitative estimate of drug-likeness (QED) is 0.761. The van der Waals surface area contributed by atoms with Crippen molar-refractivity contribution < 1.29 is 14.7 Å².